The fourth-order valence-electron chi connectivity index (χ4n) is 4.79. The van der Waals surface area contributed by atoms with Gasteiger partial charge >= 0.3 is 0 Å². The highest BCUT2D eigenvalue weighted by Gasteiger charge is 2.27. The minimum absolute atomic E-state index is 0.0132. The van der Waals surface area contributed by atoms with E-state index in [2.05, 4.69) is 34.1 Å². The van der Waals surface area contributed by atoms with Gasteiger partial charge in [-0.25, -0.2) is 4.98 Å². The van der Waals surface area contributed by atoms with Crippen molar-refractivity contribution < 1.29 is 9.59 Å². The summed E-state index contributed by atoms with van der Waals surface area (Å²) in [7, 11) is 0. The van der Waals surface area contributed by atoms with E-state index in [1.165, 1.54) is 5.56 Å². The number of nitrogens with zero attached hydrogens (tertiary/aromatic N) is 4. The summed E-state index contributed by atoms with van der Waals surface area (Å²) in [4.78, 5) is 36.4. The van der Waals surface area contributed by atoms with Crippen molar-refractivity contribution >= 4 is 11.8 Å². The lowest BCUT2D eigenvalue weighted by molar-refractivity contribution is -0.133. The lowest BCUT2D eigenvalue weighted by Crippen LogP contribution is -2.48. The molecule has 2 aromatic rings. The van der Waals surface area contributed by atoms with Crippen LogP contribution in [0.5, 0.6) is 0 Å². The third-order valence-electron chi connectivity index (χ3n) is 6.65. The molecule has 2 fully saturated rings. The standard InChI is InChI=1S/C26H34N4O2/c1-21-7-5-11-24(27-21)26(32)30-14-6-10-23(20-30)12-13-25(31)29-17-15-28(16-18-29)19-22-8-3-2-4-9-22/h2-5,7-9,11,23H,6,10,12-20H2,1H3/t23-/m1/s1. The molecule has 1 aromatic carbocycles. The number of carbonyl (C=O) groups excluding carboxylic acids is 2. The van der Waals surface area contributed by atoms with Gasteiger partial charge in [0.1, 0.15) is 5.69 Å². The van der Waals surface area contributed by atoms with Crippen LogP contribution in [0.4, 0.5) is 0 Å². The number of rotatable bonds is 6. The maximum absolute atomic E-state index is 12.8. The number of carbonyl (C=O) groups is 2. The number of hydrogen-bond donors (Lipinski definition) is 0. The summed E-state index contributed by atoms with van der Waals surface area (Å²) in [6.45, 7) is 7.83. The summed E-state index contributed by atoms with van der Waals surface area (Å²) in [5.74, 6) is 0.660. The average Bonchev–Trinajstić information content (AvgIpc) is 2.83. The van der Waals surface area contributed by atoms with Crippen molar-refractivity contribution in [1.29, 1.82) is 0 Å². The van der Waals surface area contributed by atoms with Crippen molar-refractivity contribution in [2.75, 3.05) is 39.3 Å². The Morgan fingerprint density at radius 2 is 1.72 bits per heavy atom. The second-order valence-corrected chi connectivity index (χ2v) is 9.10. The molecule has 1 atom stereocenters. The first-order chi connectivity index (χ1) is 15.6. The molecule has 2 amide bonds. The Hall–Kier alpha value is -2.73. The molecule has 6 nitrogen and oxygen atoms in total. The summed E-state index contributed by atoms with van der Waals surface area (Å²) >= 11 is 0. The SMILES string of the molecule is Cc1cccc(C(=O)N2CCC[C@H](CCC(=O)N3CCN(Cc4ccccc4)CC3)C2)n1. The molecule has 0 radical (unpaired) electrons. The summed E-state index contributed by atoms with van der Waals surface area (Å²) in [6.07, 6.45) is 3.51. The Morgan fingerprint density at radius 3 is 2.47 bits per heavy atom. The molecule has 4 rings (SSSR count). The van der Waals surface area contributed by atoms with E-state index < -0.39 is 0 Å². The second kappa shape index (κ2) is 10.7. The zero-order chi connectivity index (χ0) is 22.3. The van der Waals surface area contributed by atoms with Crippen LogP contribution in [0.2, 0.25) is 0 Å². The van der Waals surface area contributed by atoms with Gasteiger partial charge in [-0.2, -0.15) is 0 Å². The molecular weight excluding hydrogens is 400 g/mol. The number of piperazine rings is 1. The predicted octanol–water partition coefficient (Wildman–Crippen LogP) is 3.37. The molecule has 1 aromatic heterocycles. The molecule has 2 aliphatic rings. The first-order valence-corrected chi connectivity index (χ1v) is 11.9. The molecule has 2 aliphatic heterocycles. The Labute approximate surface area is 191 Å². The highest BCUT2D eigenvalue weighted by molar-refractivity contribution is 5.92. The lowest BCUT2D eigenvalue weighted by Gasteiger charge is -2.36. The Kier molecular flexibility index (Phi) is 7.53. The molecular formula is C26H34N4O2. The van der Waals surface area contributed by atoms with Gasteiger partial charge in [0.05, 0.1) is 0 Å². The van der Waals surface area contributed by atoms with Crippen LogP contribution in [0, 0.1) is 12.8 Å². The summed E-state index contributed by atoms with van der Waals surface area (Å²) in [5.41, 5.74) is 2.71. The Balaban J connectivity index is 1.20. The quantitative estimate of drug-likeness (QED) is 0.700. The molecule has 0 saturated carbocycles. The van der Waals surface area contributed by atoms with Crippen molar-refractivity contribution in [3.63, 3.8) is 0 Å². The smallest absolute Gasteiger partial charge is 0.272 e. The van der Waals surface area contributed by atoms with E-state index in [0.29, 0.717) is 18.0 Å². The van der Waals surface area contributed by atoms with E-state index in [9.17, 15) is 9.59 Å². The van der Waals surface area contributed by atoms with Crippen molar-refractivity contribution in [2.24, 2.45) is 5.92 Å². The van der Waals surface area contributed by atoms with Crippen molar-refractivity contribution in [3.8, 4) is 0 Å². The van der Waals surface area contributed by atoms with Gasteiger partial charge < -0.3 is 9.80 Å². The topological polar surface area (TPSA) is 56.8 Å². The fourth-order valence-corrected chi connectivity index (χ4v) is 4.79. The van der Waals surface area contributed by atoms with E-state index in [1.807, 2.05) is 34.9 Å². The number of benzene rings is 1. The minimum atomic E-state index is 0.0132. The monoisotopic (exact) mass is 434 g/mol. The first-order valence-electron chi connectivity index (χ1n) is 11.9. The fraction of sp³-hybridized carbons (Fsp3) is 0.500. The lowest BCUT2D eigenvalue weighted by atomic mass is 9.93. The van der Waals surface area contributed by atoms with Crippen LogP contribution in [0.15, 0.2) is 48.5 Å². The Morgan fingerprint density at radius 1 is 0.938 bits per heavy atom. The van der Waals surface area contributed by atoms with Crippen LogP contribution in [0.25, 0.3) is 0 Å². The summed E-state index contributed by atoms with van der Waals surface area (Å²) in [6, 6.07) is 16.1. The van der Waals surface area contributed by atoms with E-state index in [4.69, 9.17) is 0 Å². The molecule has 0 bridgehead atoms. The summed E-state index contributed by atoms with van der Waals surface area (Å²) in [5, 5.41) is 0. The van der Waals surface area contributed by atoms with Gasteiger partial charge in [0.15, 0.2) is 0 Å². The third kappa shape index (κ3) is 5.94. The molecule has 3 heterocycles. The second-order valence-electron chi connectivity index (χ2n) is 9.10. The van der Waals surface area contributed by atoms with E-state index in [0.717, 1.165) is 70.8 Å². The normalized spacial score (nSPS) is 19.7. The van der Waals surface area contributed by atoms with Crippen molar-refractivity contribution in [2.45, 2.75) is 39.2 Å². The molecule has 0 N–H and O–H groups in total. The van der Waals surface area contributed by atoms with Crippen LogP contribution in [-0.2, 0) is 11.3 Å². The number of aryl methyl sites for hydroxylation is 1. The Bertz CT molecular complexity index is 909. The van der Waals surface area contributed by atoms with Gasteiger partial charge in [0, 0.05) is 57.9 Å². The predicted molar refractivity (Wildman–Crippen MR) is 125 cm³/mol. The molecule has 0 spiro atoms. The maximum Gasteiger partial charge on any atom is 0.272 e. The number of hydrogen-bond acceptors (Lipinski definition) is 4. The van der Waals surface area contributed by atoms with Crippen LogP contribution >= 0.6 is 0 Å². The van der Waals surface area contributed by atoms with Gasteiger partial charge in [0.25, 0.3) is 5.91 Å². The number of likely N-dealkylation sites (tertiary alicyclic amines) is 1. The van der Waals surface area contributed by atoms with E-state index >= 15 is 0 Å². The van der Waals surface area contributed by atoms with Crippen LogP contribution in [0.1, 0.15) is 47.4 Å². The van der Waals surface area contributed by atoms with Crippen LogP contribution < -0.4 is 0 Å². The average molecular weight is 435 g/mol. The minimum Gasteiger partial charge on any atom is -0.340 e. The molecule has 6 heteroatoms. The van der Waals surface area contributed by atoms with Gasteiger partial charge in [-0.05, 0) is 49.8 Å². The zero-order valence-corrected chi connectivity index (χ0v) is 19.1. The largest absolute Gasteiger partial charge is 0.340 e. The molecule has 170 valence electrons. The highest BCUT2D eigenvalue weighted by Crippen LogP contribution is 2.23. The number of piperidine rings is 1. The molecule has 0 unspecified atom stereocenters. The van der Waals surface area contributed by atoms with Crippen molar-refractivity contribution in [1.82, 2.24) is 19.7 Å². The highest BCUT2D eigenvalue weighted by atomic mass is 16.2. The summed E-state index contributed by atoms with van der Waals surface area (Å²) < 4.78 is 0. The molecule has 2 saturated heterocycles. The van der Waals surface area contributed by atoms with Crippen molar-refractivity contribution in [3.05, 3.63) is 65.5 Å². The molecule has 0 aliphatic carbocycles. The molecule has 32 heavy (non-hydrogen) atoms. The number of pyridine rings is 1. The third-order valence-corrected chi connectivity index (χ3v) is 6.65. The number of aromatic nitrogens is 1. The van der Waals surface area contributed by atoms with Crippen LogP contribution in [0.3, 0.4) is 0 Å². The first kappa shape index (κ1) is 22.5. The van der Waals surface area contributed by atoms with E-state index in [-0.39, 0.29) is 11.8 Å². The van der Waals surface area contributed by atoms with Gasteiger partial charge in [-0.3, -0.25) is 14.5 Å². The van der Waals surface area contributed by atoms with Gasteiger partial charge in [0.2, 0.25) is 5.91 Å². The van der Waals surface area contributed by atoms with E-state index in [1.54, 1.807) is 6.07 Å². The zero-order valence-electron chi connectivity index (χ0n) is 19.1. The van der Waals surface area contributed by atoms with Crippen LogP contribution in [-0.4, -0.2) is 70.8 Å². The maximum atomic E-state index is 12.8. The van der Waals surface area contributed by atoms with Gasteiger partial charge in [-0.1, -0.05) is 36.4 Å². The van der Waals surface area contributed by atoms with Gasteiger partial charge in [-0.15, -0.1) is 0 Å². The number of amides is 2.